The van der Waals surface area contributed by atoms with E-state index >= 15 is 0 Å². The first-order valence-corrected chi connectivity index (χ1v) is 6.34. The Kier molecular flexibility index (Phi) is 6.34. The quantitative estimate of drug-likeness (QED) is 0.781. The molecule has 0 atom stereocenters. The van der Waals surface area contributed by atoms with Gasteiger partial charge in [-0.05, 0) is 37.6 Å². The second-order valence-electron chi connectivity index (χ2n) is 3.78. The number of amides is 1. The van der Waals surface area contributed by atoms with Gasteiger partial charge in [-0.1, -0.05) is 29.6 Å². The van der Waals surface area contributed by atoms with Crippen LogP contribution < -0.4 is 11.1 Å². The Balaban J connectivity index is 2.37. The fourth-order valence-electron chi connectivity index (χ4n) is 1.40. The molecule has 0 aromatic heterocycles. The predicted molar refractivity (Wildman–Crippen MR) is 72.6 cm³/mol. The van der Waals surface area contributed by atoms with Gasteiger partial charge in [-0.3, -0.25) is 4.79 Å². The molecule has 0 unspecified atom stereocenters. The minimum atomic E-state index is -0.0135. The maximum atomic E-state index is 11.6. The number of carbonyl (C=O) groups is 1. The summed E-state index contributed by atoms with van der Waals surface area (Å²) in [6, 6.07) is 5.03. The lowest BCUT2D eigenvalue weighted by molar-refractivity contribution is -0.116. The summed E-state index contributed by atoms with van der Waals surface area (Å²) in [5, 5.41) is 3.69. The Morgan fingerprint density at radius 1 is 1.18 bits per heavy atom. The lowest BCUT2D eigenvalue weighted by atomic mass is 10.2. The molecule has 94 valence electrons. The Morgan fingerprint density at radius 3 is 2.59 bits per heavy atom. The van der Waals surface area contributed by atoms with E-state index in [1.165, 1.54) is 0 Å². The van der Waals surface area contributed by atoms with E-state index in [0.717, 1.165) is 19.3 Å². The zero-order valence-corrected chi connectivity index (χ0v) is 11.0. The number of hydrogen-bond acceptors (Lipinski definition) is 2. The largest absolute Gasteiger partial charge is 0.330 e. The van der Waals surface area contributed by atoms with Gasteiger partial charge in [0.25, 0.3) is 0 Å². The minimum Gasteiger partial charge on any atom is -0.330 e. The van der Waals surface area contributed by atoms with Crippen LogP contribution in [0.1, 0.15) is 25.7 Å². The normalized spacial score (nSPS) is 10.3. The van der Waals surface area contributed by atoms with Gasteiger partial charge in [-0.25, -0.2) is 0 Å². The lowest BCUT2D eigenvalue weighted by Crippen LogP contribution is -2.11. The Labute approximate surface area is 111 Å². The zero-order chi connectivity index (χ0) is 12.7. The third-order valence-corrected chi connectivity index (χ3v) is 3.05. The first kappa shape index (κ1) is 14.3. The fraction of sp³-hybridized carbons (Fsp3) is 0.417. The van der Waals surface area contributed by atoms with Crippen molar-refractivity contribution in [3.8, 4) is 0 Å². The topological polar surface area (TPSA) is 55.1 Å². The second-order valence-corrected chi connectivity index (χ2v) is 4.59. The van der Waals surface area contributed by atoms with Crippen molar-refractivity contribution in [2.75, 3.05) is 11.9 Å². The summed E-state index contributed by atoms with van der Waals surface area (Å²) in [4.78, 5) is 11.6. The number of carbonyl (C=O) groups excluding carboxylic acids is 1. The van der Waals surface area contributed by atoms with E-state index in [1.807, 2.05) is 0 Å². The van der Waals surface area contributed by atoms with Crippen molar-refractivity contribution in [1.29, 1.82) is 0 Å². The van der Waals surface area contributed by atoms with E-state index in [9.17, 15) is 4.79 Å². The molecule has 1 aromatic rings. The number of nitrogens with one attached hydrogen (secondary N) is 1. The van der Waals surface area contributed by atoms with E-state index in [1.54, 1.807) is 18.2 Å². The van der Waals surface area contributed by atoms with Crippen LogP contribution in [-0.2, 0) is 4.79 Å². The molecule has 0 fully saturated rings. The molecule has 5 heteroatoms. The van der Waals surface area contributed by atoms with Crippen LogP contribution in [0.3, 0.4) is 0 Å². The molecule has 3 N–H and O–H groups in total. The van der Waals surface area contributed by atoms with Gasteiger partial charge in [0.1, 0.15) is 0 Å². The smallest absolute Gasteiger partial charge is 0.224 e. The van der Waals surface area contributed by atoms with Gasteiger partial charge in [0.15, 0.2) is 0 Å². The van der Waals surface area contributed by atoms with Gasteiger partial charge in [0.2, 0.25) is 5.91 Å². The highest BCUT2D eigenvalue weighted by Crippen LogP contribution is 2.25. The number of halogens is 2. The standard InChI is InChI=1S/C12H16Cl2N2O/c13-10-6-5-9(8-11(10)14)16-12(17)4-2-1-3-7-15/h5-6,8H,1-4,7,15H2,(H,16,17). The van der Waals surface area contributed by atoms with Crippen molar-refractivity contribution < 1.29 is 4.79 Å². The summed E-state index contributed by atoms with van der Waals surface area (Å²) in [7, 11) is 0. The third kappa shape index (κ3) is 5.39. The van der Waals surface area contributed by atoms with Gasteiger partial charge in [0.05, 0.1) is 10.0 Å². The molecule has 17 heavy (non-hydrogen) atoms. The average molecular weight is 275 g/mol. The molecular formula is C12H16Cl2N2O. The number of nitrogens with two attached hydrogens (primary N) is 1. The van der Waals surface area contributed by atoms with Gasteiger partial charge in [-0.15, -0.1) is 0 Å². The van der Waals surface area contributed by atoms with Crippen molar-refractivity contribution in [3.05, 3.63) is 28.2 Å². The molecule has 0 aliphatic carbocycles. The number of unbranched alkanes of at least 4 members (excludes halogenated alkanes) is 2. The minimum absolute atomic E-state index is 0.0135. The summed E-state index contributed by atoms with van der Waals surface area (Å²) in [6.07, 6.45) is 3.29. The average Bonchev–Trinajstić information content (AvgIpc) is 2.30. The fourth-order valence-corrected chi connectivity index (χ4v) is 1.70. The second kappa shape index (κ2) is 7.54. The molecule has 0 bridgehead atoms. The van der Waals surface area contributed by atoms with Crippen LogP contribution in [-0.4, -0.2) is 12.5 Å². The van der Waals surface area contributed by atoms with Gasteiger partial charge in [-0.2, -0.15) is 0 Å². The van der Waals surface area contributed by atoms with E-state index in [2.05, 4.69) is 5.32 Å². The van der Waals surface area contributed by atoms with Crippen LogP contribution in [0.2, 0.25) is 10.0 Å². The molecule has 0 saturated carbocycles. The number of hydrogen-bond donors (Lipinski definition) is 2. The molecule has 1 aromatic carbocycles. The summed E-state index contributed by atoms with van der Waals surface area (Å²) < 4.78 is 0. The number of rotatable bonds is 6. The van der Waals surface area contributed by atoms with Gasteiger partial charge < -0.3 is 11.1 Å². The molecule has 1 rings (SSSR count). The summed E-state index contributed by atoms with van der Waals surface area (Å²) in [5.41, 5.74) is 6.04. The molecule has 0 aliphatic rings. The van der Waals surface area contributed by atoms with Crippen LogP contribution >= 0.6 is 23.2 Å². The Morgan fingerprint density at radius 2 is 1.94 bits per heavy atom. The van der Waals surface area contributed by atoms with Crippen molar-refractivity contribution in [2.45, 2.75) is 25.7 Å². The summed E-state index contributed by atoms with van der Waals surface area (Å²) >= 11 is 11.6. The first-order valence-electron chi connectivity index (χ1n) is 5.58. The molecule has 0 spiro atoms. The van der Waals surface area contributed by atoms with Crippen molar-refractivity contribution in [1.82, 2.24) is 0 Å². The van der Waals surface area contributed by atoms with E-state index in [4.69, 9.17) is 28.9 Å². The molecule has 0 radical (unpaired) electrons. The summed E-state index contributed by atoms with van der Waals surface area (Å²) in [5.74, 6) is -0.0135. The van der Waals surface area contributed by atoms with Crippen molar-refractivity contribution in [3.63, 3.8) is 0 Å². The van der Waals surface area contributed by atoms with Crippen molar-refractivity contribution in [2.24, 2.45) is 5.73 Å². The van der Waals surface area contributed by atoms with E-state index < -0.39 is 0 Å². The highest BCUT2D eigenvalue weighted by molar-refractivity contribution is 6.42. The monoisotopic (exact) mass is 274 g/mol. The van der Waals surface area contributed by atoms with Gasteiger partial charge in [0, 0.05) is 12.1 Å². The molecule has 3 nitrogen and oxygen atoms in total. The molecule has 0 aliphatic heterocycles. The maximum absolute atomic E-state index is 11.6. The Bertz CT molecular complexity index is 383. The SMILES string of the molecule is NCCCCCC(=O)Nc1ccc(Cl)c(Cl)c1. The number of benzene rings is 1. The lowest BCUT2D eigenvalue weighted by Gasteiger charge is -2.06. The van der Waals surface area contributed by atoms with Crippen LogP contribution in [0.25, 0.3) is 0 Å². The molecular weight excluding hydrogens is 259 g/mol. The number of anilines is 1. The highest BCUT2D eigenvalue weighted by atomic mass is 35.5. The van der Waals surface area contributed by atoms with E-state index in [-0.39, 0.29) is 5.91 Å². The van der Waals surface area contributed by atoms with Crippen molar-refractivity contribution >= 4 is 34.8 Å². The predicted octanol–water partition coefficient (Wildman–Crippen LogP) is 3.45. The van der Waals surface area contributed by atoms with Gasteiger partial charge >= 0.3 is 0 Å². The highest BCUT2D eigenvalue weighted by Gasteiger charge is 2.04. The van der Waals surface area contributed by atoms with E-state index in [0.29, 0.717) is 28.7 Å². The first-order chi connectivity index (χ1) is 8.13. The maximum Gasteiger partial charge on any atom is 0.224 e. The molecule has 0 heterocycles. The molecule has 0 saturated heterocycles. The van der Waals surface area contributed by atoms with Crippen LogP contribution in [0.4, 0.5) is 5.69 Å². The van der Waals surface area contributed by atoms with Crippen LogP contribution in [0.5, 0.6) is 0 Å². The Hall–Kier alpha value is -0.770. The molecule has 1 amide bonds. The zero-order valence-electron chi connectivity index (χ0n) is 9.51. The van der Waals surface area contributed by atoms with Crippen LogP contribution in [0.15, 0.2) is 18.2 Å². The van der Waals surface area contributed by atoms with Crippen LogP contribution in [0, 0.1) is 0 Å². The third-order valence-electron chi connectivity index (χ3n) is 2.31. The summed E-state index contributed by atoms with van der Waals surface area (Å²) in [6.45, 7) is 0.675.